The van der Waals surface area contributed by atoms with E-state index in [1.54, 1.807) is 24.3 Å². The number of benzene rings is 1. The van der Waals surface area contributed by atoms with Crippen LogP contribution in [-0.4, -0.2) is 33.7 Å². The van der Waals surface area contributed by atoms with Crippen molar-refractivity contribution in [2.45, 2.75) is 26.2 Å². The molecule has 3 N–H and O–H groups in total. The van der Waals surface area contributed by atoms with Crippen LogP contribution in [0.5, 0.6) is 0 Å². The number of carbonyl (C=O) groups excluding carboxylic acids is 1. The Morgan fingerprint density at radius 2 is 1.96 bits per heavy atom. The molecule has 0 aliphatic carbocycles. The summed E-state index contributed by atoms with van der Waals surface area (Å²) in [6.45, 7) is 4.18. The van der Waals surface area contributed by atoms with Crippen LogP contribution in [0.1, 0.15) is 26.2 Å². The van der Waals surface area contributed by atoms with E-state index < -0.39 is 10.0 Å². The Labute approximate surface area is 138 Å². The minimum atomic E-state index is -3.28. The Bertz CT molecular complexity index is 622. The minimum Gasteiger partial charge on any atom is -0.326 e. The Hall–Kier alpha value is -1.60. The molecular weight excluding hydrogens is 314 g/mol. The lowest BCUT2D eigenvalue weighted by molar-refractivity contribution is -0.117. The first kappa shape index (κ1) is 17.7. The van der Waals surface area contributed by atoms with Crippen molar-refractivity contribution in [2.75, 3.05) is 29.4 Å². The summed E-state index contributed by atoms with van der Waals surface area (Å²) in [5.74, 6) is 0.886. The maximum atomic E-state index is 12.1. The number of piperidine rings is 1. The van der Waals surface area contributed by atoms with Gasteiger partial charge in [-0.3, -0.25) is 9.52 Å². The molecule has 1 amide bonds. The van der Waals surface area contributed by atoms with Gasteiger partial charge in [0.15, 0.2) is 0 Å². The first-order valence-electron chi connectivity index (χ1n) is 7.92. The summed E-state index contributed by atoms with van der Waals surface area (Å²) in [5.41, 5.74) is 1.15. The molecule has 7 heteroatoms. The van der Waals surface area contributed by atoms with Gasteiger partial charge < -0.3 is 10.6 Å². The molecule has 1 saturated heterocycles. The zero-order valence-corrected chi connectivity index (χ0v) is 14.4. The molecule has 0 bridgehead atoms. The van der Waals surface area contributed by atoms with E-state index in [9.17, 15) is 13.2 Å². The van der Waals surface area contributed by atoms with E-state index in [1.807, 2.05) is 0 Å². The molecule has 2 atom stereocenters. The average Bonchev–Trinajstić information content (AvgIpc) is 2.48. The summed E-state index contributed by atoms with van der Waals surface area (Å²) >= 11 is 0. The van der Waals surface area contributed by atoms with E-state index in [-0.39, 0.29) is 5.91 Å². The first-order chi connectivity index (χ1) is 10.8. The van der Waals surface area contributed by atoms with Crippen molar-refractivity contribution >= 4 is 27.3 Å². The van der Waals surface area contributed by atoms with Crippen molar-refractivity contribution < 1.29 is 13.2 Å². The fraction of sp³-hybridized carbons (Fsp3) is 0.562. The van der Waals surface area contributed by atoms with Crippen molar-refractivity contribution in [3.05, 3.63) is 24.3 Å². The van der Waals surface area contributed by atoms with Gasteiger partial charge in [-0.15, -0.1) is 0 Å². The van der Waals surface area contributed by atoms with Crippen LogP contribution in [0.4, 0.5) is 11.4 Å². The number of amides is 1. The third-order valence-corrected chi connectivity index (χ3v) is 4.73. The largest absolute Gasteiger partial charge is 0.326 e. The number of carbonyl (C=O) groups is 1. The topological polar surface area (TPSA) is 87.3 Å². The van der Waals surface area contributed by atoms with Crippen molar-refractivity contribution in [2.24, 2.45) is 11.8 Å². The minimum absolute atomic E-state index is 0.00750. The van der Waals surface area contributed by atoms with E-state index in [4.69, 9.17) is 0 Å². The van der Waals surface area contributed by atoms with Crippen LogP contribution in [0.25, 0.3) is 0 Å². The third-order valence-electron chi connectivity index (χ3n) is 4.12. The number of sulfonamides is 1. The van der Waals surface area contributed by atoms with Crippen molar-refractivity contribution in [1.29, 1.82) is 0 Å². The van der Waals surface area contributed by atoms with Gasteiger partial charge in [-0.2, -0.15) is 0 Å². The van der Waals surface area contributed by atoms with Crippen LogP contribution in [0.3, 0.4) is 0 Å². The molecule has 128 valence electrons. The molecule has 23 heavy (non-hydrogen) atoms. The van der Waals surface area contributed by atoms with Crippen LogP contribution in [0.2, 0.25) is 0 Å². The quantitative estimate of drug-likeness (QED) is 0.740. The number of nitrogens with one attached hydrogen (secondary N) is 3. The van der Waals surface area contributed by atoms with Gasteiger partial charge in [-0.05, 0) is 62.0 Å². The Morgan fingerprint density at radius 1 is 1.30 bits per heavy atom. The summed E-state index contributed by atoms with van der Waals surface area (Å²) in [7, 11) is -3.28. The number of hydrogen-bond donors (Lipinski definition) is 3. The Morgan fingerprint density at radius 3 is 2.52 bits per heavy atom. The van der Waals surface area contributed by atoms with Crippen molar-refractivity contribution in [3.8, 4) is 0 Å². The van der Waals surface area contributed by atoms with Gasteiger partial charge in [0.2, 0.25) is 15.9 Å². The zero-order chi connectivity index (χ0) is 16.9. The van der Waals surface area contributed by atoms with Gasteiger partial charge in [-0.25, -0.2) is 8.42 Å². The van der Waals surface area contributed by atoms with E-state index >= 15 is 0 Å². The second kappa shape index (κ2) is 7.79. The molecule has 0 spiro atoms. The molecule has 1 fully saturated rings. The first-order valence-corrected chi connectivity index (χ1v) is 9.81. The molecule has 1 aliphatic rings. The number of rotatable bonds is 6. The summed E-state index contributed by atoms with van der Waals surface area (Å²) in [6.07, 6.45) is 3.94. The summed E-state index contributed by atoms with van der Waals surface area (Å²) in [4.78, 5) is 12.1. The molecule has 1 heterocycles. The van der Waals surface area contributed by atoms with E-state index in [1.165, 1.54) is 12.8 Å². The van der Waals surface area contributed by atoms with Crippen molar-refractivity contribution in [3.63, 3.8) is 0 Å². The Kier molecular flexibility index (Phi) is 6.01. The Balaban J connectivity index is 1.84. The summed E-state index contributed by atoms with van der Waals surface area (Å²) in [6, 6.07) is 6.65. The van der Waals surface area contributed by atoms with Gasteiger partial charge in [-0.1, -0.05) is 6.92 Å². The van der Waals surface area contributed by atoms with Gasteiger partial charge in [0.1, 0.15) is 0 Å². The van der Waals surface area contributed by atoms with Crippen molar-refractivity contribution in [1.82, 2.24) is 5.32 Å². The molecule has 0 aromatic heterocycles. The highest BCUT2D eigenvalue weighted by atomic mass is 32.2. The normalized spacial score (nSPS) is 19.8. The lowest BCUT2D eigenvalue weighted by atomic mass is 9.85. The molecule has 0 saturated carbocycles. The third kappa shape index (κ3) is 6.19. The second-order valence-corrected chi connectivity index (χ2v) is 8.04. The standard InChI is InChI=1S/C16H25N3O3S/c1-12(13-4-3-9-17-11-13)10-16(20)18-14-5-7-15(8-6-14)19-23(2,21)22/h5-8,12-13,17,19H,3-4,9-11H2,1-2H3,(H,18,20). The van der Waals surface area contributed by atoms with Gasteiger partial charge >= 0.3 is 0 Å². The van der Waals surface area contributed by atoms with Crippen LogP contribution in [0.15, 0.2) is 24.3 Å². The maximum Gasteiger partial charge on any atom is 0.229 e. The fourth-order valence-electron chi connectivity index (χ4n) is 2.87. The van der Waals surface area contributed by atoms with Gasteiger partial charge in [0.05, 0.1) is 6.26 Å². The summed E-state index contributed by atoms with van der Waals surface area (Å²) in [5, 5.41) is 6.24. The average molecular weight is 339 g/mol. The number of hydrogen-bond acceptors (Lipinski definition) is 4. The van der Waals surface area contributed by atoms with Gasteiger partial charge in [0, 0.05) is 17.8 Å². The highest BCUT2D eigenvalue weighted by molar-refractivity contribution is 7.92. The number of anilines is 2. The zero-order valence-electron chi connectivity index (χ0n) is 13.6. The maximum absolute atomic E-state index is 12.1. The van der Waals surface area contributed by atoms with E-state index in [0.717, 1.165) is 19.3 Å². The van der Waals surface area contributed by atoms with E-state index in [0.29, 0.717) is 29.6 Å². The predicted molar refractivity (Wildman–Crippen MR) is 92.9 cm³/mol. The SMILES string of the molecule is CC(CC(=O)Nc1ccc(NS(C)(=O)=O)cc1)C1CCCNC1. The molecule has 1 aromatic carbocycles. The molecular formula is C16H25N3O3S. The van der Waals surface area contributed by atoms with Crippen LogP contribution < -0.4 is 15.4 Å². The fourth-order valence-corrected chi connectivity index (χ4v) is 3.44. The lowest BCUT2D eigenvalue weighted by Crippen LogP contribution is -2.34. The monoisotopic (exact) mass is 339 g/mol. The highest BCUT2D eigenvalue weighted by Gasteiger charge is 2.22. The molecule has 2 rings (SSSR count). The molecule has 0 radical (unpaired) electrons. The molecule has 2 unspecified atom stereocenters. The lowest BCUT2D eigenvalue weighted by Gasteiger charge is -2.28. The van der Waals surface area contributed by atoms with Crippen LogP contribution in [0, 0.1) is 11.8 Å². The van der Waals surface area contributed by atoms with Gasteiger partial charge in [0.25, 0.3) is 0 Å². The molecule has 1 aliphatic heterocycles. The van der Waals surface area contributed by atoms with E-state index in [2.05, 4.69) is 22.3 Å². The van der Waals surface area contributed by atoms with Crippen LogP contribution in [-0.2, 0) is 14.8 Å². The smallest absolute Gasteiger partial charge is 0.229 e. The second-order valence-electron chi connectivity index (χ2n) is 6.29. The summed E-state index contributed by atoms with van der Waals surface area (Å²) < 4.78 is 24.7. The molecule has 1 aromatic rings. The predicted octanol–water partition coefficient (Wildman–Crippen LogP) is 2.02. The molecule has 6 nitrogen and oxygen atoms in total. The highest BCUT2D eigenvalue weighted by Crippen LogP contribution is 2.23. The van der Waals surface area contributed by atoms with Crippen LogP contribution >= 0.6 is 0 Å².